The molecule has 0 radical (unpaired) electrons. The fraction of sp³-hybridized carbons (Fsp3) is 0.0870. The predicted molar refractivity (Wildman–Crippen MR) is 120 cm³/mol. The molecule has 31 heavy (non-hydrogen) atoms. The van der Waals surface area contributed by atoms with Crippen LogP contribution >= 0.6 is 15.9 Å². The van der Waals surface area contributed by atoms with E-state index >= 15 is 0 Å². The number of hydrogen-bond donors (Lipinski definition) is 1. The van der Waals surface area contributed by atoms with Gasteiger partial charge in [0.25, 0.3) is 5.91 Å². The summed E-state index contributed by atoms with van der Waals surface area (Å²) in [6.07, 6.45) is 1.48. The lowest BCUT2D eigenvalue weighted by Gasteiger charge is -2.08. The molecule has 1 N–H and O–H groups in total. The highest BCUT2D eigenvalue weighted by molar-refractivity contribution is 9.10. The van der Waals surface area contributed by atoms with Crippen molar-refractivity contribution >= 4 is 34.0 Å². The highest BCUT2D eigenvalue weighted by Crippen LogP contribution is 2.27. The summed E-state index contributed by atoms with van der Waals surface area (Å²) in [5.41, 5.74) is 3.99. The maximum Gasteiger partial charge on any atom is 0.343 e. The Kier molecular flexibility index (Phi) is 7.40. The molecule has 0 aliphatic carbocycles. The third-order valence-electron chi connectivity index (χ3n) is 4.18. The van der Waals surface area contributed by atoms with Crippen LogP contribution < -0.4 is 19.6 Å². The van der Waals surface area contributed by atoms with E-state index < -0.39 is 11.9 Å². The summed E-state index contributed by atoms with van der Waals surface area (Å²) in [5, 5.41) is 3.95. The number of carbonyl (C=O) groups excluding carboxylic acids is 2. The molecule has 0 heterocycles. The number of hydrazone groups is 1. The number of nitrogens with zero attached hydrogens (tertiary/aromatic N) is 1. The fourth-order valence-corrected chi connectivity index (χ4v) is 3.01. The molecule has 3 aromatic carbocycles. The molecule has 0 bridgehead atoms. The van der Waals surface area contributed by atoms with Gasteiger partial charge in [0.05, 0.1) is 26.0 Å². The van der Waals surface area contributed by atoms with E-state index in [4.69, 9.17) is 14.2 Å². The minimum Gasteiger partial charge on any atom is -0.493 e. The fourth-order valence-electron chi connectivity index (χ4n) is 2.61. The van der Waals surface area contributed by atoms with E-state index in [1.54, 1.807) is 60.7 Å². The summed E-state index contributed by atoms with van der Waals surface area (Å²) in [4.78, 5) is 24.4. The number of esters is 1. The molecule has 0 fully saturated rings. The quantitative estimate of drug-likeness (QED) is 0.232. The monoisotopic (exact) mass is 482 g/mol. The highest BCUT2D eigenvalue weighted by atomic mass is 79.9. The van der Waals surface area contributed by atoms with Gasteiger partial charge in [0.15, 0.2) is 11.5 Å². The lowest BCUT2D eigenvalue weighted by Crippen LogP contribution is -2.17. The van der Waals surface area contributed by atoms with Gasteiger partial charge in [-0.05, 0) is 66.2 Å². The zero-order valence-corrected chi connectivity index (χ0v) is 18.4. The van der Waals surface area contributed by atoms with Gasteiger partial charge in [-0.3, -0.25) is 4.79 Å². The van der Waals surface area contributed by atoms with Gasteiger partial charge in [-0.25, -0.2) is 10.2 Å². The predicted octanol–water partition coefficient (Wildman–Crippen LogP) is 4.45. The average Bonchev–Trinajstić information content (AvgIpc) is 2.79. The van der Waals surface area contributed by atoms with Crippen molar-refractivity contribution in [3.63, 3.8) is 0 Å². The first-order valence-electron chi connectivity index (χ1n) is 9.13. The first-order chi connectivity index (χ1) is 15.0. The standard InChI is InChI=1S/C23H19BrN2O5/c1-29-20-11-8-16(13-21(20)30-2)22(27)26-25-14-15-6-9-19(10-7-15)31-23(28)17-4-3-5-18(24)12-17/h3-14H,1-2H3,(H,26,27). The number of carbonyl (C=O) groups is 2. The number of amides is 1. The zero-order valence-electron chi connectivity index (χ0n) is 16.8. The Morgan fingerprint density at radius 1 is 0.903 bits per heavy atom. The second-order valence-electron chi connectivity index (χ2n) is 6.24. The van der Waals surface area contributed by atoms with Crippen molar-refractivity contribution in [2.24, 2.45) is 5.10 Å². The second kappa shape index (κ2) is 10.4. The lowest BCUT2D eigenvalue weighted by atomic mass is 10.2. The number of rotatable bonds is 7. The molecule has 0 aromatic heterocycles. The minimum atomic E-state index is -0.454. The van der Waals surface area contributed by atoms with E-state index in [0.717, 1.165) is 10.0 Å². The topological polar surface area (TPSA) is 86.2 Å². The molecule has 0 spiro atoms. The Labute approximate surface area is 187 Å². The van der Waals surface area contributed by atoms with E-state index in [1.165, 1.54) is 20.4 Å². The molecule has 0 saturated heterocycles. The summed E-state index contributed by atoms with van der Waals surface area (Å²) < 4.78 is 16.5. The van der Waals surface area contributed by atoms with Crippen molar-refractivity contribution in [3.05, 3.63) is 87.9 Å². The Morgan fingerprint density at radius 3 is 2.32 bits per heavy atom. The molecule has 1 amide bonds. The minimum absolute atomic E-state index is 0.379. The molecule has 0 saturated carbocycles. The molecule has 8 heteroatoms. The van der Waals surface area contributed by atoms with Gasteiger partial charge < -0.3 is 14.2 Å². The number of ether oxygens (including phenoxy) is 3. The van der Waals surface area contributed by atoms with Gasteiger partial charge in [0.2, 0.25) is 0 Å². The van der Waals surface area contributed by atoms with Crippen LogP contribution in [-0.2, 0) is 0 Å². The molecule has 3 rings (SSSR count). The van der Waals surface area contributed by atoms with Crippen LogP contribution in [0.4, 0.5) is 0 Å². The summed E-state index contributed by atoms with van der Waals surface area (Å²) >= 11 is 3.32. The van der Waals surface area contributed by atoms with Crippen LogP contribution in [0.1, 0.15) is 26.3 Å². The summed E-state index contributed by atoms with van der Waals surface area (Å²) in [6.45, 7) is 0. The van der Waals surface area contributed by atoms with Crippen LogP contribution in [-0.4, -0.2) is 32.3 Å². The maximum atomic E-state index is 12.3. The van der Waals surface area contributed by atoms with Gasteiger partial charge >= 0.3 is 5.97 Å². The Morgan fingerprint density at radius 2 is 1.65 bits per heavy atom. The van der Waals surface area contributed by atoms with Crippen molar-refractivity contribution < 1.29 is 23.8 Å². The Bertz CT molecular complexity index is 1110. The molecule has 0 atom stereocenters. The SMILES string of the molecule is COc1ccc(C(=O)NN=Cc2ccc(OC(=O)c3cccc(Br)c3)cc2)cc1OC. The number of hydrogen-bond acceptors (Lipinski definition) is 6. The average molecular weight is 483 g/mol. The van der Waals surface area contributed by atoms with Gasteiger partial charge in [-0.1, -0.05) is 22.0 Å². The van der Waals surface area contributed by atoms with Gasteiger partial charge in [-0.15, -0.1) is 0 Å². The van der Waals surface area contributed by atoms with Crippen molar-refractivity contribution in [3.8, 4) is 17.2 Å². The van der Waals surface area contributed by atoms with Crippen LogP contribution in [0.3, 0.4) is 0 Å². The van der Waals surface area contributed by atoms with Crippen LogP contribution in [0.2, 0.25) is 0 Å². The van der Waals surface area contributed by atoms with E-state index in [-0.39, 0.29) is 0 Å². The van der Waals surface area contributed by atoms with Gasteiger partial charge in [-0.2, -0.15) is 5.10 Å². The number of halogens is 1. The third kappa shape index (κ3) is 5.93. The van der Waals surface area contributed by atoms with Crippen molar-refractivity contribution in [1.82, 2.24) is 5.43 Å². The Balaban J connectivity index is 1.58. The maximum absolute atomic E-state index is 12.3. The van der Waals surface area contributed by atoms with E-state index in [2.05, 4.69) is 26.5 Å². The Hall–Kier alpha value is -3.65. The number of methoxy groups -OCH3 is 2. The van der Waals surface area contributed by atoms with Crippen molar-refractivity contribution in [2.45, 2.75) is 0 Å². The summed E-state index contributed by atoms with van der Waals surface area (Å²) in [6, 6.07) is 18.5. The molecule has 0 aliphatic rings. The smallest absolute Gasteiger partial charge is 0.343 e. The molecule has 3 aromatic rings. The van der Waals surface area contributed by atoms with Gasteiger partial charge in [0, 0.05) is 10.0 Å². The molecular weight excluding hydrogens is 464 g/mol. The van der Waals surface area contributed by atoms with Crippen LogP contribution in [0.5, 0.6) is 17.2 Å². The van der Waals surface area contributed by atoms with Crippen molar-refractivity contribution in [1.29, 1.82) is 0 Å². The largest absolute Gasteiger partial charge is 0.493 e. The second-order valence-corrected chi connectivity index (χ2v) is 7.15. The third-order valence-corrected chi connectivity index (χ3v) is 4.67. The van der Waals surface area contributed by atoms with E-state index in [1.807, 2.05) is 6.07 Å². The number of benzene rings is 3. The highest BCUT2D eigenvalue weighted by Gasteiger charge is 2.10. The summed E-state index contributed by atoms with van der Waals surface area (Å²) in [7, 11) is 3.02. The molecule has 7 nitrogen and oxygen atoms in total. The normalized spacial score (nSPS) is 10.5. The molecular formula is C23H19BrN2O5. The van der Waals surface area contributed by atoms with E-state index in [0.29, 0.717) is 28.4 Å². The number of nitrogens with one attached hydrogen (secondary N) is 1. The van der Waals surface area contributed by atoms with Crippen LogP contribution in [0.15, 0.2) is 76.3 Å². The van der Waals surface area contributed by atoms with Crippen LogP contribution in [0, 0.1) is 0 Å². The first kappa shape index (κ1) is 22.0. The molecule has 158 valence electrons. The zero-order chi connectivity index (χ0) is 22.2. The van der Waals surface area contributed by atoms with Crippen LogP contribution in [0.25, 0.3) is 0 Å². The first-order valence-corrected chi connectivity index (χ1v) is 9.92. The lowest BCUT2D eigenvalue weighted by molar-refractivity contribution is 0.0734. The van der Waals surface area contributed by atoms with Gasteiger partial charge in [0.1, 0.15) is 5.75 Å². The molecule has 0 aliphatic heterocycles. The summed E-state index contributed by atoms with van der Waals surface area (Å²) in [5.74, 6) is 0.536. The molecule has 0 unspecified atom stereocenters. The van der Waals surface area contributed by atoms with E-state index in [9.17, 15) is 9.59 Å². The van der Waals surface area contributed by atoms with Crippen molar-refractivity contribution in [2.75, 3.05) is 14.2 Å².